The lowest BCUT2D eigenvalue weighted by molar-refractivity contribution is -0.121. The first-order valence-corrected chi connectivity index (χ1v) is 7.03. The van der Waals surface area contributed by atoms with E-state index in [9.17, 15) is 9.59 Å². The summed E-state index contributed by atoms with van der Waals surface area (Å²) in [5, 5.41) is 4.87. The van der Waals surface area contributed by atoms with Crippen LogP contribution in [0, 0.1) is 5.92 Å². The molecule has 1 rings (SSSR count). The van der Waals surface area contributed by atoms with E-state index in [2.05, 4.69) is 34.3 Å². The van der Waals surface area contributed by atoms with Gasteiger partial charge in [0.15, 0.2) is 0 Å². The number of amides is 3. The van der Waals surface area contributed by atoms with Gasteiger partial charge in [-0.05, 0) is 12.8 Å². The van der Waals surface area contributed by atoms with Crippen molar-refractivity contribution < 1.29 is 9.59 Å². The minimum Gasteiger partial charge on any atom is -0.338 e. The third kappa shape index (κ3) is 6.54. The van der Waals surface area contributed by atoms with Gasteiger partial charge >= 0.3 is 6.03 Å². The molecule has 1 heterocycles. The highest BCUT2D eigenvalue weighted by Crippen LogP contribution is 2.04. The summed E-state index contributed by atoms with van der Waals surface area (Å²) in [6, 6.07) is -0.411. The van der Waals surface area contributed by atoms with Crippen LogP contribution in [0.25, 0.3) is 0 Å². The summed E-state index contributed by atoms with van der Waals surface area (Å²) in [7, 11) is 0. The summed E-state index contributed by atoms with van der Waals surface area (Å²) < 4.78 is 0. The first-order valence-electron chi connectivity index (χ1n) is 7.03. The molecule has 19 heavy (non-hydrogen) atoms. The summed E-state index contributed by atoms with van der Waals surface area (Å²) in [4.78, 5) is 27.3. The molecule has 0 aliphatic carbocycles. The molecular formula is C13H26N4O2. The average Bonchev–Trinajstić information content (AvgIpc) is 2.31. The number of hydrogen-bond acceptors (Lipinski definition) is 4. The van der Waals surface area contributed by atoms with E-state index in [-0.39, 0.29) is 5.91 Å². The third-order valence-corrected chi connectivity index (χ3v) is 3.05. The average molecular weight is 270 g/mol. The van der Waals surface area contributed by atoms with Crippen LogP contribution in [-0.2, 0) is 4.79 Å². The van der Waals surface area contributed by atoms with Gasteiger partial charge < -0.3 is 10.2 Å². The fourth-order valence-corrected chi connectivity index (χ4v) is 2.22. The monoisotopic (exact) mass is 270 g/mol. The van der Waals surface area contributed by atoms with E-state index in [1.54, 1.807) is 0 Å². The normalized spacial score (nSPS) is 17.5. The molecule has 1 aliphatic heterocycles. The standard InChI is InChI=1S/C13H26N4O2/c1-4-14-13(19)15-12(18)10-17-7-5-16(6-8-17)9-11(2)3/h11H,4-10H2,1-3H3,(H2,14,15,18,19). The largest absolute Gasteiger partial charge is 0.338 e. The van der Waals surface area contributed by atoms with E-state index in [0.717, 1.165) is 32.7 Å². The van der Waals surface area contributed by atoms with Gasteiger partial charge in [-0.15, -0.1) is 0 Å². The molecule has 6 heteroatoms. The van der Waals surface area contributed by atoms with Gasteiger partial charge in [0.1, 0.15) is 0 Å². The molecule has 0 aromatic rings. The predicted octanol–water partition coefficient (Wildman–Crippen LogP) is 0.106. The summed E-state index contributed by atoms with van der Waals surface area (Å²) in [5.74, 6) is 0.441. The van der Waals surface area contributed by atoms with Gasteiger partial charge in [0, 0.05) is 39.3 Å². The number of rotatable bonds is 5. The Hall–Kier alpha value is -1.14. The molecule has 0 radical (unpaired) electrons. The molecule has 0 spiro atoms. The van der Waals surface area contributed by atoms with Crippen LogP contribution < -0.4 is 10.6 Å². The zero-order valence-electron chi connectivity index (χ0n) is 12.2. The fraction of sp³-hybridized carbons (Fsp3) is 0.846. The molecule has 2 N–H and O–H groups in total. The van der Waals surface area contributed by atoms with E-state index in [0.29, 0.717) is 19.0 Å². The first kappa shape index (κ1) is 15.9. The maximum absolute atomic E-state index is 11.6. The van der Waals surface area contributed by atoms with Crippen molar-refractivity contribution in [2.45, 2.75) is 20.8 Å². The van der Waals surface area contributed by atoms with Crippen molar-refractivity contribution in [3.8, 4) is 0 Å². The van der Waals surface area contributed by atoms with E-state index in [1.165, 1.54) is 0 Å². The number of hydrogen-bond donors (Lipinski definition) is 2. The SMILES string of the molecule is CCNC(=O)NC(=O)CN1CCN(CC(C)C)CC1. The highest BCUT2D eigenvalue weighted by molar-refractivity contribution is 5.95. The van der Waals surface area contributed by atoms with Crippen molar-refractivity contribution in [3.05, 3.63) is 0 Å². The Balaban J connectivity index is 2.21. The smallest absolute Gasteiger partial charge is 0.321 e. The van der Waals surface area contributed by atoms with E-state index >= 15 is 0 Å². The second kappa shape index (κ2) is 8.12. The highest BCUT2D eigenvalue weighted by Gasteiger charge is 2.19. The van der Waals surface area contributed by atoms with Gasteiger partial charge in [-0.2, -0.15) is 0 Å². The predicted molar refractivity (Wildman–Crippen MR) is 74.9 cm³/mol. The molecule has 0 atom stereocenters. The Bertz CT molecular complexity index is 299. The molecule has 0 bridgehead atoms. The molecule has 1 fully saturated rings. The van der Waals surface area contributed by atoms with Crippen molar-refractivity contribution in [1.82, 2.24) is 20.4 Å². The Morgan fingerprint density at radius 2 is 1.68 bits per heavy atom. The van der Waals surface area contributed by atoms with Crippen molar-refractivity contribution in [2.75, 3.05) is 45.8 Å². The van der Waals surface area contributed by atoms with Crippen LogP contribution in [0.4, 0.5) is 4.79 Å². The fourth-order valence-electron chi connectivity index (χ4n) is 2.22. The van der Waals surface area contributed by atoms with Gasteiger partial charge in [-0.3, -0.25) is 15.0 Å². The first-order chi connectivity index (χ1) is 9.01. The summed E-state index contributed by atoms with van der Waals surface area (Å²) in [5.41, 5.74) is 0. The van der Waals surface area contributed by atoms with Crippen LogP contribution in [0.15, 0.2) is 0 Å². The lowest BCUT2D eigenvalue weighted by atomic mass is 10.2. The van der Waals surface area contributed by atoms with Crippen LogP contribution in [0.1, 0.15) is 20.8 Å². The second-order valence-electron chi connectivity index (χ2n) is 5.38. The third-order valence-electron chi connectivity index (χ3n) is 3.05. The van der Waals surface area contributed by atoms with Gasteiger partial charge in [-0.25, -0.2) is 4.79 Å². The minimum absolute atomic E-state index is 0.233. The molecule has 0 aromatic carbocycles. The summed E-state index contributed by atoms with van der Waals surface area (Å²) in [6.45, 7) is 11.9. The maximum Gasteiger partial charge on any atom is 0.321 e. The number of urea groups is 1. The molecule has 110 valence electrons. The minimum atomic E-state index is -0.411. The van der Waals surface area contributed by atoms with Crippen LogP contribution in [0.5, 0.6) is 0 Å². The summed E-state index contributed by atoms with van der Waals surface area (Å²) in [6.07, 6.45) is 0. The van der Waals surface area contributed by atoms with Crippen LogP contribution in [0.3, 0.4) is 0 Å². The Labute approximate surface area is 115 Å². The van der Waals surface area contributed by atoms with Crippen molar-refractivity contribution >= 4 is 11.9 Å². The lowest BCUT2D eigenvalue weighted by Crippen LogP contribution is -2.51. The molecule has 3 amide bonds. The summed E-state index contributed by atoms with van der Waals surface area (Å²) >= 11 is 0. The molecule has 0 aromatic heterocycles. The topological polar surface area (TPSA) is 64.7 Å². The number of carbonyl (C=O) groups is 2. The van der Waals surface area contributed by atoms with Crippen LogP contribution in [0.2, 0.25) is 0 Å². The van der Waals surface area contributed by atoms with Crippen molar-refractivity contribution in [1.29, 1.82) is 0 Å². The molecular weight excluding hydrogens is 244 g/mol. The Morgan fingerprint density at radius 1 is 1.11 bits per heavy atom. The second-order valence-corrected chi connectivity index (χ2v) is 5.38. The molecule has 6 nitrogen and oxygen atoms in total. The number of carbonyl (C=O) groups excluding carboxylic acids is 2. The van der Waals surface area contributed by atoms with Gasteiger partial charge in [0.25, 0.3) is 0 Å². The number of nitrogens with one attached hydrogen (secondary N) is 2. The Morgan fingerprint density at radius 3 is 2.21 bits per heavy atom. The van der Waals surface area contributed by atoms with E-state index < -0.39 is 6.03 Å². The zero-order valence-corrected chi connectivity index (χ0v) is 12.2. The van der Waals surface area contributed by atoms with Gasteiger partial charge in [0.2, 0.25) is 5.91 Å². The Kier molecular flexibility index (Phi) is 6.80. The number of nitrogens with zero attached hydrogens (tertiary/aromatic N) is 2. The van der Waals surface area contributed by atoms with Crippen LogP contribution in [-0.4, -0.2) is 67.6 Å². The maximum atomic E-state index is 11.6. The van der Waals surface area contributed by atoms with E-state index in [1.807, 2.05) is 6.92 Å². The quantitative estimate of drug-likeness (QED) is 0.744. The molecule has 1 saturated heterocycles. The lowest BCUT2D eigenvalue weighted by Gasteiger charge is -2.35. The van der Waals surface area contributed by atoms with Gasteiger partial charge in [-0.1, -0.05) is 13.8 Å². The van der Waals surface area contributed by atoms with Crippen molar-refractivity contribution in [2.24, 2.45) is 5.92 Å². The zero-order chi connectivity index (χ0) is 14.3. The number of piperazine rings is 1. The number of imide groups is 1. The van der Waals surface area contributed by atoms with Crippen LogP contribution >= 0.6 is 0 Å². The molecule has 1 aliphatic rings. The van der Waals surface area contributed by atoms with E-state index in [4.69, 9.17) is 0 Å². The highest BCUT2D eigenvalue weighted by atomic mass is 16.2. The molecule has 0 saturated carbocycles. The van der Waals surface area contributed by atoms with Gasteiger partial charge in [0.05, 0.1) is 6.54 Å². The van der Waals surface area contributed by atoms with Crippen molar-refractivity contribution in [3.63, 3.8) is 0 Å². The molecule has 0 unspecified atom stereocenters.